The van der Waals surface area contributed by atoms with Crippen LogP contribution in [0, 0.1) is 12.3 Å². The molecule has 0 aliphatic carbocycles. The van der Waals surface area contributed by atoms with Gasteiger partial charge in [0.2, 0.25) is 5.91 Å². The number of hydrogen-bond donors (Lipinski definition) is 2. The first-order valence-electron chi connectivity index (χ1n) is 5.35. The molecule has 7 heteroatoms. The third kappa shape index (κ3) is 6.00. The molecule has 0 radical (unpaired) electrons. The number of rotatable bonds is 5. The molecule has 0 bridgehead atoms. The van der Waals surface area contributed by atoms with E-state index in [9.17, 15) is 4.79 Å². The molecule has 0 aliphatic rings. The van der Waals surface area contributed by atoms with Crippen LogP contribution in [-0.2, 0) is 11.2 Å². The van der Waals surface area contributed by atoms with E-state index in [2.05, 4.69) is 10.3 Å². The maximum Gasteiger partial charge on any atom is 0.226 e. The van der Waals surface area contributed by atoms with E-state index in [4.69, 9.17) is 5.73 Å². The Hall–Kier alpha value is -0.360. The van der Waals surface area contributed by atoms with Crippen LogP contribution in [0.5, 0.6) is 0 Å². The number of halogens is 2. The van der Waals surface area contributed by atoms with Crippen LogP contribution < -0.4 is 11.1 Å². The van der Waals surface area contributed by atoms with Crippen LogP contribution in [0.3, 0.4) is 0 Å². The molecular formula is C11H21Cl2N3OS. The Morgan fingerprint density at radius 2 is 2.11 bits per heavy atom. The standard InChI is InChI=1S/C11H19N3OS.2ClH/c1-8-14-9(6-16-8)4-5-13-10(15)11(2,3)7-12;;/h6H,4-5,7,12H2,1-3H3,(H,13,15);2*1H. The first-order chi connectivity index (χ1) is 7.45. The fourth-order valence-electron chi connectivity index (χ4n) is 1.16. The third-order valence-electron chi connectivity index (χ3n) is 2.46. The molecule has 0 aromatic carbocycles. The third-order valence-corrected chi connectivity index (χ3v) is 3.28. The van der Waals surface area contributed by atoms with Crippen LogP contribution in [0.25, 0.3) is 0 Å². The molecule has 0 unspecified atom stereocenters. The summed E-state index contributed by atoms with van der Waals surface area (Å²) in [6.07, 6.45) is 0.775. The second kappa shape index (κ2) is 8.69. The zero-order chi connectivity index (χ0) is 12.2. The molecule has 106 valence electrons. The second-order valence-corrected chi connectivity index (χ2v) is 5.51. The van der Waals surface area contributed by atoms with Gasteiger partial charge in [-0.15, -0.1) is 36.2 Å². The number of carbonyl (C=O) groups is 1. The van der Waals surface area contributed by atoms with E-state index in [1.807, 2.05) is 26.2 Å². The number of aryl methyl sites for hydroxylation is 1. The number of nitrogens with zero attached hydrogens (tertiary/aromatic N) is 1. The van der Waals surface area contributed by atoms with Crippen molar-refractivity contribution in [1.82, 2.24) is 10.3 Å². The minimum Gasteiger partial charge on any atom is -0.355 e. The summed E-state index contributed by atoms with van der Waals surface area (Å²) in [4.78, 5) is 16.0. The number of aromatic nitrogens is 1. The molecule has 1 rings (SSSR count). The van der Waals surface area contributed by atoms with Gasteiger partial charge in [0.15, 0.2) is 0 Å². The predicted octanol–water partition coefficient (Wildman–Crippen LogP) is 1.94. The number of nitrogens with two attached hydrogens (primary N) is 1. The monoisotopic (exact) mass is 313 g/mol. The highest BCUT2D eigenvalue weighted by Gasteiger charge is 2.24. The lowest BCUT2D eigenvalue weighted by Crippen LogP contribution is -2.42. The smallest absolute Gasteiger partial charge is 0.226 e. The summed E-state index contributed by atoms with van der Waals surface area (Å²) in [5.41, 5.74) is 6.07. The maximum absolute atomic E-state index is 11.7. The number of carbonyl (C=O) groups excluding carboxylic acids is 1. The topological polar surface area (TPSA) is 68.0 Å². The van der Waals surface area contributed by atoms with E-state index in [0.717, 1.165) is 17.1 Å². The van der Waals surface area contributed by atoms with Crippen molar-refractivity contribution in [1.29, 1.82) is 0 Å². The van der Waals surface area contributed by atoms with Crippen LogP contribution >= 0.6 is 36.2 Å². The van der Waals surface area contributed by atoms with E-state index in [1.54, 1.807) is 11.3 Å². The summed E-state index contributed by atoms with van der Waals surface area (Å²) >= 11 is 1.63. The van der Waals surface area contributed by atoms with Gasteiger partial charge in [-0.3, -0.25) is 4.79 Å². The fourth-order valence-corrected chi connectivity index (χ4v) is 1.81. The fraction of sp³-hybridized carbons (Fsp3) is 0.636. The van der Waals surface area contributed by atoms with Crippen LogP contribution in [0.1, 0.15) is 24.5 Å². The van der Waals surface area contributed by atoms with Gasteiger partial charge in [-0.05, 0) is 20.8 Å². The molecule has 18 heavy (non-hydrogen) atoms. The maximum atomic E-state index is 11.7. The van der Waals surface area contributed by atoms with Crippen molar-refractivity contribution in [2.75, 3.05) is 13.1 Å². The largest absolute Gasteiger partial charge is 0.355 e. The molecule has 3 N–H and O–H groups in total. The van der Waals surface area contributed by atoms with E-state index < -0.39 is 5.41 Å². The molecule has 0 fully saturated rings. The van der Waals surface area contributed by atoms with Crippen LogP contribution in [0.4, 0.5) is 0 Å². The highest BCUT2D eigenvalue weighted by molar-refractivity contribution is 7.09. The summed E-state index contributed by atoms with van der Waals surface area (Å²) in [5, 5.41) is 5.96. The van der Waals surface area contributed by atoms with Crippen molar-refractivity contribution in [3.63, 3.8) is 0 Å². The summed E-state index contributed by atoms with van der Waals surface area (Å²) in [5.74, 6) is 0.00181. The quantitative estimate of drug-likeness (QED) is 0.873. The SMILES string of the molecule is Cc1nc(CCNC(=O)C(C)(C)CN)cs1.Cl.Cl. The number of thiazole rings is 1. The molecule has 1 aromatic heterocycles. The lowest BCUT2D eigenvalue weighted by Gasteiger charge is -2.20. The minimum atomic E-state index is -0.488. The van der Waals surface area contributed by atoms with Gasteiger partial charge in [0.25, 0.3) is 0 Å². The Morgan fingerprint density at radius 3 is 2.56 bits per heavy atom. The van der Waals surface area contributed by atoms with Gasteiger partial charge >= 0.3 is 0 Å². The molecule has 0 aliphatic heterocycles. The normalized spacial score (nSPS) is 10.2. The Kier molecular flexibility index (Phi) is 9.64. The summed E-state index contributed by atoms with van der Waals surface area (Å²) < 4.78 is 0. The average molecular weight is 314 g/mol. The summed E-state index contributed by atoms with van der Waals surface area (Å²) in [6, 6.07) is 0. The molecule has 4 nitrogen and oxygen atoms in total. The van der Waals surface area contributed by atoms with E-state index in [0.29, 0.717) is 13.1 Å². The number of amides is 1. The van der Waals surface area contributed by atoms with Crippen LogP contribution in [-0.4, -0.2) is 24.0 Å². The highest BCUT2D eigenvalue weighted by Crippen LogP contribution is 2.12. The van der Waals surface area contributed by atoms with Crippen molar-refractivity contribution < 1.29 is 4.79 Å². The van der Waals surface area contributed by atoms with E-state index in [-0.39, 0.29) is 30.7 Å². The van der Waals surface area contributed by atoms with Crippen molar-refractivity contribution >= 4 is 42.1 Å². The van der Waals surface area contributed by atoms with Gasteiger partial charge in [-0.1, -0.05) is 0 Å². The molecule has 0 atom stereocenters. The van der Waals surface area contributed by atoms with Crippen LogP contribution in [0.2, 0.25) is 0 Å². The molecule has 1 amide bonds. The number of hydrogen-bond acceptors (Lipinski definition) is 4. The predicted molar refractivity (Wildman–Crippen MR) is 80.9 cm³/mol. The first kappa shape index (κ1) is 20.0. The van der Waals surface area contributed by atoms with Gasteiger partial charge in [0, 0.05) is 24.9 Å². The van der Waals surface area contributed by atoms with Crippen LogP contribution in [0.15, 0.2) is 5.38 Å². The molecule has 0 saturated heterocycles. The van der Waals surface area contributed by atoms with E-state index >= 15 is 0 Å². The first-order valence-corrected chi connectivity index (χ1v) is 6.23. The minimum absolute atomic E-state index is 0. The second-order valence-electron chi connectivity index (χ2n) is 4.45. The lowest BCUT2D eigenvalue weighted by molar-refractivity contribution is -0.128. The molecule has 1 aromatic rings. The van der Waals surface area contributed by atoms with Crippen molar-refractivity contribution in [2.45, 2.75) is 27.2 Å². The Balaban J connectivity index is 0. The van der Waals surface area contributed by atoms with Crippen molar-refractivity contribution in [3.8, 4) is 0 Å². The lowest BCUT2D eigenvalue weighted by atomic mass is 9.93. The summed E-state index contributed by atoms with van der Waals surface area (Å²) in [6.45, 7) is 6.63. The molecule has 0 spiro atoms. The average Bonchev–Trinajstić information content (AvgIpc) is 2.64. The summed E-state index contributed by atoms with van der Waals surface area (Å²) in [7, 11) is 0. The van der Waals surface area contributed by atoms with Gasteiger partial charge in [-0.2, -0.15) is 0 Å². The van der Waals surface area contributed by atoms with Crippen molar-refractivity contribution in [3.05, 3.63) is 16.1 Å². The Labute approximate surface area is 125 Å². The number of nitrogens with one attached hydrogen (secondary N) is 1. The Bertz CT molecular complexity index is 369. The van der Waals surface area contributed by atoms with E-state index in [1.165, 1.54) is 0 Å². The van der Waals surface area contributed by atoms with Crippen molar-refractivity contribution in [2.24, 2.45) is 11.1 Å². The molecule has 0 saturated carbocycles. The molecular weight excluding hydrogens is 293 g/mol. The van der Waals surface area contributed by atoms with Gasteiger partial charge < -0.3 is 11.1 Å². The highest BCUT2D eigenvalue weighted by atomic mass is 35.5. The Morgan fingerprint density at radius 1 is 1.50 bits per heavy atom. The zero-order valence-electron chi connectivity index (χ0n) is 10.9. The molecule has 1 heterocycles. The zero-order valence-corrected chi connectivity index (χ0v) is 13.3. The van der Waals surface area contributed by atoms with Gasteiger partial charge in [0.1, 0.15) is 0 Å². The van der Waals surface area contributed by atoms with Gasteiger partial charge in [-0.25, -0.2) is 4.98 Å². The van der Waals surface area contributed by atoms with Gasteiger partial charge in [0.05, 0.1) is 16.1 Å².